The highest BCUT2D eigenvalue weighted by molar-refractivity contribution is 7.89. The second kappa shape index (κ2) is 4.22. The Bertz CT molecular complexity index is 577. The van der Waals surface area contributed by atoms with Crippen LogP contribution in [0, 0.1) is 13.8 Å². The number of benzene rings is 1. The van der Waals surface area contributed by atoms with Crippen LogP contribution < -0.4 is 10.5 Å². The molecule has 5 nitrogen and oxygen atoms in total. The molecule has 6 heteroatoms. The molecule has 1 fully saturated rings. The molecule has 1 aromatic carbocycles. The predicted molar refractivity (Wildman–Crippen MR) is 69.7 cm³/mol. The van der Waals surface area contributed by atoms with Crippen molar-refractivity contribution in [1.29, 1.82) is 0 Å². The normalized spacial score (nSPS) is 17.7. The number of nitrogen functional groups attached to an aromatic ring is 1. The maximum absolute atomic E-state index is 12.3. The van der Waals surface area contributed by atoms with Gasteiger partial charge in [0.25, 0.3) is 0 Å². The maximum atomic E-state index is 12.3. The molecule has 1 aliphatic rings. The minimum atomic E-state index is -3.69. The minimum Gasteiger partial charge on any atom is -0.398 e. The van der Waals surface area contributed by atoms with E-state index in [0.717, 1.165) is 5.56 Å². The third kappa shape index (κ3) is 2.23. The number of aryl methyl sites for hydroxylation is 1. The van der Waals surface area contributed by atoms with Crippen molar-refractivity contribution in [1.82, 2.24) is 4.72 Å². The van der Waals surface area contributed by atoms with E-state index in [9.17, 15) is 13.5 Å². The SMILES string of the molecule is Cc1ccc(N)c(S(=O)(=O)NC2(CO)CC2)c1C. The highest BCUT2D eigenvalue weighted by atomic mass is 32.2. The molecule has 0 radical (unpaired) electrons. The van der Waals surface area contributed by atoms with Gasteiger partial charge in [-0.25, -0.2) is 13.1 Å². The summed E-state index contributed by atoms with van der Waals surface area (Å²) in [5.74, 6) is 0. The fraction of sp³-hybridized carbons (Fsp3) is 0.500. The Morgan fingerprint density at radius 2 is 2.00 bits per heavy atom. The van der Waals surface area contributed by atoms with Gasteiger partial charge in [0.1, 0.15) is 4.90 Å². The molecule has 0 amide bonds. The number of aliphatic hydroxyl groups is 1. The Morgan fingerprint density at radius 1 is 1.39 bits per heavy atom. The molecule has 100 valence electrons. The van der Waals surface area contributed by atoms with E-state index in [4.69, 9.17) is 5.73 Å². The lowest BCUT2D eigenvalue weighted by atomic mass is 10.1. The summed E-state index contributed by atoms with van der Waals surface area (Å²) >= 11 is 0. The Labute approximate surface area is 107 Å². The Hall–Kier alpha value is -1.11. The maximum Gasteiger partial charge on any atom is 0.243 e. The van der Waals surface area contributed by atoms with Gasteiger partial charge in [0.05, 0.1) is 17.8 Å². The molecule has 1 aromatic rings. The highest BCUT2D eigenvalue weighted by Gasteiger charge is 2.46. The molecule has 0 aliphatic heterocycles. The van der Waals surface area contributed by atoms with Gasteiger partial charge in [0, 0.05) is 0 Å². The molecular weight excluding hydrogens is 252 g/mol. The zero-order valence-corrected chi connectivity index (χ0v) is 11.3. The molecule has 0 aromatic heterocycles. The Balaban J connectivity index is 2.45. The van der Waals surface area contributed by atoms with Gasteiger partial charge < -0.3 is 10.8 Å². The summed E-state index contributed by atoms with van der Waals surface area (Å²) in [7, 11) is -3.69. The van der Waals surface area contributed by atoms with Crippen molar-refractivity contribution in [2.75, 3.05) is 12.3 Å². The summed E-state index contributed by atoms with van der Waals surface area (Å²) in [5.41, 5.74) is 6.85. The van der Waals surface area contributed by atoms with Crippen LogP contribution in [0.25, 0.3) is 0 Å². The summed E-state index contributed by atoms with van der Waals surface area (Å²) in [6.07, 6.45) is 1.32. The molecule has 0 saturated heterocycles. The molecule has 18 heavy (non-hydrogen) atoms. The van der Waals surface area contributed by atoms with E-state index in [-0.39, 0.29) is 17.2 Å². The average molecular weight is 270 g/mol. The number of nitrogens with two attached hydrogens (primary N) is 1. The summed E-state index contributed by atoms with van der Waals surface area (Å²) in [5, 5.41) is 9.20. The summed E-state index contributed by atoms with van der Waals surface area (Å²) in [6, 6.07) is 3.39. The van der Waals surface area contributed by atoms with Gasteiger partial charge in [-0.1, -0.05) is 6.07 Å². The average Bonchev–Trinajstić information content (AvgIpc) is 3.03. The first kappa shape index (κ1) is 13.3. The summed E-state index contributed by atoms with van der Waals surface area (Å²) in [4.78, 5) is 0.127. The van der Waals surface area contributed by atoms with Crippen molar-refractivity contribution in [3.05, 3.63) is 23.3 Å². The van der Waals surface area contributed by atoms with Crippen molar-refractivity contribution in [3.8, 4) is 0 Å². The largest absolute Gasteiger partial charge is 0.398 e. The number of aliphatic hydroxyl groups excluding tert-OH is 1. The zero-order chi connectivity index (χ0) is 13.6. The van der Waals surface area contributed by atoms with E-state index in [0.29, 0.717) is 18.4 Å². The van der Waals surface area contributed by atoms with E-state index in [1.807, 2.05) is 6.92 Å². The van der Waals surface area contributed by atoms with Crippen LogP contribution in [-0.4, -0.2) is 25.7 Å². The van der Waals surface area contributed by atoms with Crippen LogP contribution in [0.3, 0.4) is 0 Å². The van der Waals surface area contributed by atoms with Gasteiger partial charge in [-0.05, 0) is 43.9 Å². The molecule has 0 bridgehead atoms. The first-order chi connectivity index (χ1) is 8.31. The standard InChI is InChI=1S/C12H18N2O3S/c1-8-3-4-10(13)11(9(8)2)18(16,17)14-12(7-15)5-6-12/h3-4,14-15H,5-7,13H2,1-2H3. The van der Waals surface area contributed by atoms with Crippen LogP contribution in [0.5, 0.6) is 0 Å². The van der Waals surface area contributed by atoms with Crippen LogP contribution in [0.4, 0.5) is 5.69 Å². The van der Waals surface area contributed by atoms with Gasteiger partial charge in [0.15, 0.2) is 0 Å². The zero-order valence-electron chi connectivity index (χ0n) is 10.5. The van der Waals surface area contributed by atoms with E-state index >= 15 is 0 Å². The third-order valence-corrected chi connectivity index (χ3v) is 5.26. The smallest absolute Gasteiger partial charge is 0.243 e. The molecular formula is C12H18N2O3S. The lowest BCUT2D eigenvalue weighted by Gasteiger charge is -2.18. The second-order valence-electron chi connectivity index (χ2n) is 4.97. The predicted octanol–water partition coefficient (Wildman–Crippen LogP) is 0.689. The second-order valence-corrected chi connectivity index (χ2v) is 6.59. The molecule has 2 rings (SSSR count). The van der Waals surface area contributed by atoms with Crippen LogP contribution in [0.2, 0.25) is 0 Å². The third-order valence-electron chi connectivity index (χ3n) is 3.48. The number of anilines is 1. The van der Waals surface area contributed by atoms with Gasteiger partial charge >= 0.3 is 0 Å². The molecule has 1 saturated carbocycles. The number of rotatable bonds is 4. The summed E-state index contributed by atoms with van der Waals surface area (Å²) in [6.45, 7) is 3.39. The van der Waals surface area contributed by atoms with Gasteiger partial charge in [-0.3, -0.25) is 0 Å². The number of hydrogen-bond donors (Lipinski definition) is 3. The summed E-state index contributed by atoms with van der Waals surface area (Å²) < 4.78 is 27.2. The number of hydrogen-bond acceptors (Lipinski definition) is 4. The number of sulfonamides is 1. The quantitative estimate of drug-likeness (QED) is 0.702. The highest BCUT2D eigenvalue weighted by Crippen LogP contribution is 2.37. The molecule has 0 atom stereocenters. The van der Waals surface area contributed by atoms with Crippen LogP contribution >= 0.6 is 0 Å². The molecule has 0 spiro atoms. The van der Waals surface area contributed by atoms with E-state index in [1.165, 1.54) is 0 Å². The van der Waals surface area contributed by atoms with Crippen molar-refractivity contribution in [2.45, 2.75) is 37.1 Å². The molecule has 0 unspecified atom stereocenters. The molecule has 4 N–H and O–H groups in total. The molecule has 1 aliphatic carbocycles. The fourth-order valence-corrected chi connectivity index (χ4v) is 3.83. The van der Waals surface area contributed by atoms with Gasteiger partial charge in [-0.15, -0.1) is 0 Å². The Morgan fingerprint density at radius 3 is 2.50 bits per heavy atom. The Kier molecular flexibility index (Phi) is 3.12. The van der Waals surface area contributed by atoms with E-state index < -0.39 is 15.6 Å². The first-order valence-corrected chi connectivity index (χ1v) is 7.30. The van der Waals surface area contributed by atoms with Crippen molar-refractivity contribution >= 4 is 15.7 Å². The first-order valence-electron chi connectivity index (χ1n) is 5.82. The monoisotopic (exact) mass is 270 g/mol. The van der Waals surface area contributed by atoms with Crippen LogP contribution in [0.1, 0.15) is 24.0 Å². The van der Waals surface area contributed by atoms with Crippen LogP contribution in [0.15, 0.2) is 17.0 Å². The lowest BCUT2D eigenvalue weighted by molar-refractivity contribution is 0.246. The minimum absolute atomic E-state index is 0.127. The van der Waals surface area contributed by atoms with Gasteiger partial charge in [0.2, 0.25) is 10.0 Å². The molecule has 0 heterocycles. The number of nitrogens with one attached hydrogen (secondary N) is 1. The van der Waals surface area contributed by atoms with Crippen molar-refractivity contribution in [2.24, 2.45) is 0 Å². The topological polar surface area (TPSA) is 92.4 Å². The lowest BCUT2D eigenvalue weighted by Crippen LogP contribution is -2.40. The van der Waals surface area contributed by atoms with E-state index in [2.05, 4.69) is 4.72 Å². The van der Waals surface area contributed by atoms with Crippen molar-refractivity contribution in [3.63, 3.8) is 0 Å². The van der Waals surface area contributed by atoms with Crippen molar-refractivity contribution < 1.29 is 13.5 Å². The van der Waals surface area contributed by atoms with E-state index in [1.54, 1.807) is 19.1 Å². The van der Waals surface area contributed by atoms with Gasteiger partial charge in [-0.2, -0.15) is 0 Å². The fourth-order valence-electron chi connectivity index (χ4n) is 1.95. The van der Waals surface area contributed by atoms with Crippen LogP contribution in [-0.2, 0) is 10.0 Å².